The van der Waals surface area contributed by atoms with E-state index in [1.165, 1.54) is 16.8 Å². The van der Waals surface area contributed by atoms with Crippen LogP contribution >= 0.6 is 0 Å². The van der Waals surface area contributed by atoms with E-state index in [4.69, 9.17) is 0 Å². The van der Waals surface area contributed by atoms with Crippen LogP contribution in [0, 0.1) is 5.82 Å². The van der Waals surface area contributed by atoms with Crippen LogP contribution in [0.3, 0.4) is 0 Å². The number of amides is 1. The quantitative estimate of drug-likeness (QED) is 0.815. The molecule has 0 aliphatic rings. The van der Waals surface area contributed by atoms with Crippen molar-refractivity contribution in [2.75, 3.05) is 13.1 Å². The summed E-state index contributed by atoms with van der Waals surface area (Å²) in [5.41, 5.74) is 0.547. The molecule has 0 saturated carbocycles. The van der Waals surface area contributed by atoms with E-state index in [2.05, 4.69) is 20.7 Å². The first-order chi connectivity index (χ1) is 11.4. The topological polar surface area (TPSA) is 71.8 Å². The van der Waals surface area contributed by atoms with Crippen LogP contribution in [0.2, 0.25) is 0 Å². The summed E-state index contributed by atoms with van der Waals surface area (Å²) >= 11 is 0. The van der Waals surface area contributed by atoms with Gasteiger partial charge in [-0.3, -0.25) is 4.79 Å². The van der Waals surface area contributed by atoms with Crippen LogP contribution in [0.4, 0.5) is 4.39 Å². The molecule has 24 heavy (non-hydrogen) atoms. The van der Waals surface area contributed by atoms with Crippen molar-refractivity contribution in [3.63, 3.8) is 0 Å². The van der Waals surface area contributed by atoms with E-state index in [9.17, 15) is 9.18 Å². The molecule has 6 nitrogen and oxygen atoms in total. The van der Waals surface area contributed by atoms with Gasteiger partial charge in [0.25, 0.3) is 5.91 Å². The molecule has 1 aromatic heterocycles. The fraction of sp³-hybridized carbons (Fsp3) is 0.471. The number of hydrogen-bond donors (Lipinski definition) is 2. The van der Waals surface area contributed by atoms with E-state index < -0.39 is 0 Å². The van der Waals surface area contributed by atoms with Gasteiger partial charge in [0.1, 0.15) is 11.6 Å². The number of carbonyl (C=O) groups excluding carboxylic acids is 1. The third kappa shape index (κ3) is 4.38. The van der Waals surface area contributed by atoms with Crippen molar-refractivity contribution < 1.29 is 9.18 Å². The van der Waals surface area contributed by atoms with Crippen LogP contribution in [0.15, 0.2) is 24.3 Å². The second-order valence-electron chi connectivity index (χ2n) is 6.01. The minimum Gasteiger partial charge on any atom is -0.348 e. The number of hydrogen-bond acceptors (Lipinski definition) is 4. The van der Waals surface area contributed by atoms with Crippen LogP contribution < -0.4 is 10.6 Å². The Morgan fingerprint density at radius 1 is 1.33 bits per heavy atom. The van der Waals surface area contributed by atoms with Crippen molar-refractivity contribution >= 4 is 5.91 Å². The lowest BCUT2D eigenvalue weighted by Gasteiger charge is -2.11. The number of nitrogens with one attached hydrogen (secondary N) is 2. The largest absolute Gasteiger partial charge is 0.348 e. The van der Waals surface area contributed by atoms with Crippen molar-refractivity contribution in [3.05, 3.63) is 41.7 Å². The van der Waals surface area contributed by atoms with E-state index >= 15 is 0 Å². The van der Waals surface area contributed by atoms with Gasteiger partial charge < -0.3 is 10.6 Å². The Morgan fingerprint density at radius 2 is 2.08 bits per heavy atom. The third-order valence-electron chi connectivity index (χ3n) is 3.53. The SMILES string of the molecule is CCN[C@H](C)CNC(=O)c1nc(C(C)C)n(-c2cccc(F)c2)n1. The number of nitrogens with zero attached hydrogens (tertiary/aromatic N) is 3. The summed E-state index contributed by atoms with van der Waals surface area (Å²) in [4.78, 5) is 16.6. The van der Waals surface area contributed by atoms with Gasteiger partial charge in [0.05, 0.1) is 5.69 Å². The highest BCUT2D eigenvalue weighted by Crippen LogP contribution is 2.18. The average Bonchev–Trinajstić information content (AvgIpc) is 2.98. The lowest BCUT2D eigenvalue weighted by molar-refractivity contribution is 0.0940. The van der Waals surface area contributed by atoms with Crippen LogP contribution in [-0.2, 0) is 0 Å². The number of aromatic nitrogens is 3. The molecule has 0 saturated heterocycles. The van der Waals surface area contributed by atoms with Gasteiger partial charge in [-0.1, -0.05) is 26.8 Å². The summed E-state index contributed by atoms with van der Waals surface area (Å²) in [6.45, 7) is 9.22. The molecule has 1 amide bonds. The normalized spacial score (nSPS) is 12.4. The predicted octanol–water partition coefficient (Wildman–Crippen LogP) is 2.26. The fourth-order valence-electron chi connectivity index (χ4n) is 2.34. The number of halogens is 1. The Morgan fingerprint density at radius 3 is 2.71 bits per heavy atom. The molecular formula is C17H24FN5O. The molecule has 0 bridgehead atoms. The fourth-order valence-corrected chi connectivity index (χ4v) is 2.34. The van der Waals surface area contributed by atoms with E-state index in [-0.39, 0.29) is 29.5 Å². The maximum Gasteiger partial charge on any atom is 0.291 e. The molecule has 1 aromatic carbocycles. The molecule has 130 valence electrons. The zero-order chi connectivity index (χ0) is 17.7. The monoisotopic (exact) mass is 333 g/mol. The number of benzene rings is 1. The summed E-state index contributed by atoms with van der Waals surface area (Å²) in [7, 11) is 0. The molecule has 0 spiro atoms. The average molecular weight is 333 g/mol. The van der Waals surface area contributed by atoms with Gasteiger partial charge in [0.15, 0.2) is 0 Å². The summed E-state index contributed by atoms with van der Waals surface area (Å²) in [5, 5.41) is 10.3. The summed E-state index contributed by atoms with van der Waals surface area (Å²) in [6.07, 6.45) is 0. The van der Waals surface area contributed by atoms with Crippen LogP contribution in [0.5, 0.6) is 0 Å². The first kappa shape index (κ1) is 18.1. The molecule has 0 aliphatic heterocycles. The van der Waals surface area contributed by atoms with Crippen LogP contribution in [-0.4, -0.2) is 39.8 Å². The Hall–Kier alpha value is -2.28. The number of likely N-dealkylation sites (N-methyl/N-ethyl adjacent to an activating group) is 1. The van der Waals surface area contributed by atoms with E-state index in [0.717, 1.165) is 6.54 Å². The molecule has 2 rings (SSSR count). The minimum absolute atomic E-state index is 0.0444. The zero-order valence-electron chi connectivity index (χ0n) is 14.5. The van der Waals surface area contributed by atoms with Crippen molar-refractivity contribution in [2.45, 2.75) is 39.7 Å². The van der Waals surface area contributed by atoms with Crippen molar-refractivity contribution in [1.29, 1.82) is 0 Å². The smallest absolute Gasteiger partial charge is 0.291 e. The first-order valence-electron chi connectivity index (χ1n) is 8.16. The lowest BCUT2D eigenvalue weighted by Crippen LogP contribution is -2.39. The van der Waals surface area contributed by atoms with Crippen LogP contribution in [0.1, 0.15) is 50.1 Å². The highest BCUT2D eigenvalue weighted by Gasteiger charge is 2.19. The summed E-state index contributed by atoms with van der Waals surface area (Å²) in [5.74, 6) is 0.0557. The Kier molecular flexibility index (Phi) is 6.03. The molecule has 2 aromatic rings. The maximum atomic E-state index is 13.5. The molecule has 2 N–H and O–H groups in total. The van der Waals surface area contributed by atoms with Crippen molar-refractivity contribution in [2.24, 2.45) is 0 Å². The lowest BCUT2D eigenvalue weighted by atomic mass is 10.2. The van der Waals surface area contributed by atoms with Gasteiger partial charge in [-0.2, -0.15) is 0 Å². The molecule has 1 atom stereocenters. The second kappa shape index (κ2) is 8.01. The molecule has 0 unspecified atom stereocenters. The minimum atomic E-state index is -0.358. The predicted molar refractivity (Wildman–Crippen MR) is 90.9 cm³/mol. The van der Waals surface area contributed by atoms with Crippen molar-refractivity contribution in [1.82, 2.24) is 25.4 Å². The molecule has 1 heterocycles. The summed E-state index contributed by atoms with van der Waals surface area (Å²) < 4.78 is 15.0. The Labute approximate surface area is 141 Å². The van der Waals surface area contributed by atoms with Gasteiger partial charge in [-0.15, -0.1) is 5.10 Å². The maximum absolute atomic E-state index is 13.5. The van der Waals surface area contributed by atoms with Crippen LogP contribution in [0.25, 0.3) is 5.69 Å². The van der Waals surface area contributed by atoms with Crippen molar-refractivity contribution in [3.8, 4) is 5.69 Å². The number of carbonyl (C=O) groups is 1. The van der Waals surface area contributed by atoms with Gasteiger partial charge in [0, 0.05) is 18.5 Å². The highest BCUT2D eigenvalue weighted by atomic mass is 19.1. The van der Waals surface area contributed by atoms with Gasteiger partial charge in [-0.25, -0.2) is 14.1 Å². The van der Waals surface area contributed by atoms with Gasteiger partial charge in [0.2, 0.25) is 5.82 Å². The molecule has 0 radical (unpaired) electrons. The number of rotatable bonds is 7. The summed E-state index contributed by atoms with van der Waals surface area (Å²) in [6, 6.07) is 6.24. The standard InChI is InChI=1S/C17H24FN5O/c1-5-19-12(4)10-20-17(24)15-21-16(11(2)3)23(22-15)14-8-6-7-13(18)9-14/h6-9,11-12,19H,5,10H2,1-4H3,(H,20,24)/t12-/m1/s1. The van der Waals surface area contributed by atoms with E-state index in [1.807, 2.05) is 27.7 Å². The van der Waals surface area contributed by atoms with E-state index in [1.54, 1.807) is 12.1 Å². The Bertz CT molecular complexity index is 698. The third-order valence-corrected chi connectivity index (χ3v) is 3.53. The first-order valence-corrected chi connectivity index (χ1v) is 8.16. The molecule has 7 heteroatoms. The van der Waals surface area contributed by atoms with E-state index in [0.29, 0.717) is 18.1 Å². The molecule has 0 fully saturated rings. The van der Waals surface area contributed by atoms with Gasteiger partial charge in [-0.05, 0) is 31.7 Å². The highest BCUT2D eigenvalue weighted by molar-refractivity contribution is 5.90. The molecular weight excluding hydrogens is 309 g/mol. The van der Waals surface area contributed by atoms with Gasteiger partial charge >= 0.3 is 0 Å². The zero-order valence-corrected chi connectivity index (χ0v) is 14.5. The second-order valence-corrected chi connectivity index (χ2v) is 6.01. The molecule has 0 aliphatic carbocycles. The Balaban J connectivity index is 2.23.